The number of piperidine rings is 1. The number of methoxy groups -OCH3 is 1. The molecule has 0 N–H and O–H groups in total. The van der Waals surface area contributed by atoms with Crippen LogP contribution in [0.25, 0.3) is 0 Å². The van der Waals surface area contributed by atoms with E-state index in [9.17, 15) is 9.59 Å². The number of likely N-dealkylation sites (tertiary alicyclic amines) is 1. The molecule has 0 bridgehead atoms. The molecule has 2 aliphatic heterocycles. The molecule has 0 radical (unpaired) electrons. The molecule has 1 aromatic carbocycles. The molecule has 0 saturated carbocycles. The van der Waals surface area contributed by atoms with Gasteiger partial charge in [-0.2, -0.15) is 0 Å². The lowest BCUT2D eigenvalue weighted by Crippen LogP contribution is -2.55. The first-order valence-corrected chi connectivity index (χ1v) is 9.97. The van der Waals surface area contributed by atoms with Crippen molar-refractivity contribution in [2.24, 2.45) is 5.41 Å². The van der Waals surface area contributed by atoms with Crippen molar-refractivity contribution in [1.29, 1.82) is 0 Å². The van der Waals surface area contributed by atoms with Gasteiger partial charge >= 0.3 is 12.1 Å². The molecule has 2 fully saturated rings. The van der Waals surface area contributed by atoms with Gasteiger partial charge in [0.25, 0.3) is 0 Å². The molecular weight excluding hydrogens is 358 g/mol. The Balaban J connectivity index is 1.54. The fraction of sp³-hybridized carbons (Fsp3) is 0.619. The minimum absolute atomic E-state index is 0.163. The van der Waals surface area contributed by atoms with Crippen LogP contribution in [0.2, 0.25) is 0 Å². The van der Waals surface area contributed by atoms with E-state index in [1.165, 1.54) is 7.11 Å². The van der Waals surface area contributed by atoms with E-state index < -0.39 is 5.41 Å². The molecule has 154 valence electrons. The fourth-order valence-corrected chi connectivity index (χ4v) is 4.01. The van der Waals surface area contributed by atoms with Crippen LogP contribution in [0.1, 0.15) is 18.4 Å². The van der Waals surface area contributed by atoms with Gasteiger partial charge in [0.2, 0.25) is 0 Å². The number of piperazine rings is 1. The van der Waals surface area contributed by atoms with E-state index in [2.05, 4.69) is 16.8 Å². The predicted octanol–water partition coefficient (Wildman–Crippen LogP) is 1.83. The fourth-order valence-electron chi connectivity index (χ4n) is 4.01. The zero-order valence-corrected chi connectivity index (χ0v) is 16.9. The second-order valence-corrected chi connectivity index (χ2v) is 7.88. The summed E-state index contributed by atoms with van der Waals surface area (Å²) in [6.07, 6.45) is 0.890. The highest BCUT2D eigenvalue weighted by Crippen LogP contribution is 2.34. The van der Waals surface area contributed by atoms with Crippen molar-refractivity contribution >= 4 is 12.1 Å². The van der Waals surface area contributed by atoms with Crippen LogP contribution in [0.3, 0.4) is 0 Å². The molecule has 1 amide bonds. The van der Waals surface area contributed by atoms with Gasteiger partial charge in [-0.15, -0.1) is 0 Å². The Bertz CT molecular complexity index is 651. The van der Waals surface area contributed by atoms with Gasteiger partial charge in [-0.05, 0) is 25.5 Å². The van der Waals surface area contributed by atoms with Crippen molar-refractivity contribution in [2.75, 3.05) is 60.0 Å². The molecule has 0 spiro atoms. The molecule has 2 saturated heterocycles. The minimum atomic E-state index is -0.541. The highest BCUT2D eigenvalue weighted by molar-refractivity contribution is 5.78. The Hall–Kier alpha value is -2.12. The number of benzene rings is 1. The molecule has 0 aliphatic carbocycles. The van der Waals surface area contributed by atoms with Crippen LogP contribution in [0.5, 0.6) is 0 Å². The van der Waals surface area contributed by atoms with Crippen LogP contribution in [0.4, 0.5) is 4.79 Å². The molecule has 7 nitrogen and oxygen atoms in total. The number of carbonyl (C=O) groups excluding carboxylic acids is 2. The van der Waals surface area contributed by atoms with Crippen molar-refractivity contribution in [3.05, 3.63) is 35.9 Å². The van der Waals surface area contributed by atoms with Gasteiger partial charge in [0.05, 0.1) is 12.5 Å². The summed E-state index contributed by atoms with van der Waals surface area (Å²) in [6, 6.07) is 9.65. The molecule has 28 heavy (non-hydrogen) atoms. The third kappa shape index (κ3) is 5.02. The van der Waals surface area contributed by atoms with Crippen molar-refractivity contribution in [1.82, 2.24) is 14.7 Å². The summed E-state index contributed by atoms with van der Waals surface area (Å²) < 4.78 is 10.6. The Kier molecular flexibility index (Phi) is 6.91. The first kappa shape index (κ1) is 20.6. The number of ether oxygens (including phenoxy) is 2. The lowest BCUT2D eigenvalue weighted by Gasteiger charge is -2.43. The SMILES string of the molecule is COC(=O)C1(CN2CCN(C)CC2)CCN(C(=O)OCc2ccccc2)CC1. The summed E-state index contributed by atoms with van der Waals surface area (Å²) in [5.41, 5.74) is 0.424. The van der Waals surface area contributed by atoms with Gasteiger partial charge in [0.15, 0.2) is 0 Å². The summed E-state index contributed by atoms with van der Waals surface area (Å²) in [7, 11) is 3.57. The van der Waals surface area contributed by atoms with Gasteiger partial charge in [-0.25, -0.2) is 4.79 Å². The van der Waals surface area contributed by atoms with Crippen molar-refractivity contribution in [3.8, 4) is 0 Å². The summed E-state index contributed by atoms with van der Waals surface area (Å²) in [6.45, 7) is 5.91. The van der Waals surface area contributed by atoms with Gasteiger partial charge in [-0.1, -0.05) is 30.3 Å². The van der Waals surface area contributed by atoms with Gasteiger partial charge in [0, 0.05) is 45.8 Å². The standard InChI is InChI=1S/C21H31N3O4/c1-22-12-14-23(15-13-22)17-21(19(25)27-2)8-10-24(11-9-21)20(26)28-16-18-6-4-3-5-7-18/h3-7H,8-17H2,1-2H3. The zero-order valence-electron chi connectivity index (χ0n) is 16.9. The van der Waals surface area contributed by atoms with E-state index in [0.717, 1.165) is 31.7 Å². The van der Waals surface area contributed by atoms with Gasteiger partial charge in [-0.3, -0.25) is 9.69 Å². The minimum Gasteiger partial charge on any atom is -0.469 e. The third-order valence-corrected chi connectivity index (χ3v) is 5.92. The summed E-state index contributed by atoms with van der Waals surface area (Å²) in [5.74, 6) is -0.163. The Morgan fingerprint density at radius 2 is 1.64 bits per heavy atom. The number of likely N-dealkylation sites (N-methyl/N-ethyl adjacent to an activating group) is 1. The first-order valence-electron chi connectivity index (χ1n) is 9.97. The van der Waals surface area contributed by atoms with Crippen molar-refractivity contribution < 1.29 is 19.1 Å². The lowest BCUT2D eigenvalue weighted by molar-refractivity contribution is -0.157. The zero-order chi connectivity index (χ0) is 20.0. The summed E-state index contributed by atoms with van der Waals surface area (Å²) in [4.78, 5) is 31.4. The van der Waals surface area contributed by atoms with Crippen LogP contribution in [-0.2, 0) is 20.9 Å². The smallest absolute Gasteiger partial charge is 0.410 e. The number of hydrogen-bond donors (Lipinski definition) is 0. The maximum Gasteiger partial charge on any atom is 0.410 e. The molecule has 0 aromatic heterocycles. The lowest BCUT2D eigenvalue weighted by atomic mass is 9.77. The number of rotatable bonds is 5. The monoisotopic (exact) mass is 389 g/mol. The second-order valence-electron chi connectivity index (χ2n) is 7.88. The van der Waals surface area contributed by atoms with Gasteiger partial charge < -0.3 is 19.3 Å². The van der Waals surface area contributed by atoms with E-state index in [1.54, 1.807) is 4.90 Å². The van der Waals surface area contributed by atoms with Crippen LogP contribution in [0, 0.1) is 5.41 Å². The number of nitrogens with zero attached hydrogens (tertiary/aromatic N) is 3. The van der Waals surface area contributed by atoms with E-state index in [0.29, 0.717) is 32.5 Å². The Labute approximate surface area is 167 Å². The van der Waals surface area contributed by atoms with E-state index in [4.69, 9.17) is 9.47 Å². The number of esters is 1. The molecule has 2 heterocycles. The van der Waals surface area contributed by atoms with Crippen molar-refractivity contribution in [3.63, 3.8) is 0 Å². The average molecular weight is 389 g/mol. The number of carbonyl (C=O) groups is 2. The largest absolute Gasteiger partial charge is 0.469 e. The van der Waals surface area contributed by atoms with Crippen LogP contribution < -0.4 is 0 Å². The Morgan fingerprint density at radius 3 is 2.25 bits per heavy atom. The topological polar surface area (TPSA) is 62.3 Å². The van der Waals surface area contributed by atoms with E-state index in [1.807, 2.05) is 30.3 Å². The molecule has 2 aliphatic rings. The Morgan fingerprint density at radius 1 is 1.00 bits per heavy atom. The highest BCUT2D eigenvalue weighted by atomic mass is 16.6. The normalized spacial score (nSPS) is 20.6. The maximum atomic E-state index is 12.6. The molecular formula is C21H31N3O4. The molecule has 3 rings (SSSR count). The summed E-state index contributed by atoms with van der Waals surface area (Å²) in [5, 5.41) is 0. The summed E-state index contributed by atoms with van der Waals surface area (Å²) >= 11 is 0. The van der Waals surface area contributed by atoms with Crippen LogP contribution >= 0.6 is 0 Å². The van der Waals surface area contributed by atoms with E-state index >= 15 is 0 Å². The van der Waals surface area contributed by atoms with Crippen molar-refractivity contribution in [2.45, 2.75) is 19.4 Å². The molecule has 1 aromatic rings. The van der Waals surface area contributed by atoms with Crippen LogP contribution in [0.15, 0.2) is 30.3 Å². The highest BCUT2D eigenvalue weighted by Gasteiger charge is 2.45. The molecule has 0 unspecified atom stereocenters. The quantitative estimate of drug-likeness (QED) is 0.716. The molecule has 7 heteroatoms. The predicted molar refractivity (Wildman–Crippen MR) is 106 cm³/mol. The maximum absolute atomic E-state index is 12.6. The van der Waals surface area contributed by atoms with Gasteiger partial charge in [0.1, 0.15) is 6.61 Å². The third-order valence-electron chi connectivity index (χ3n) is 5.92. The molecule has 0 atom stereocenters. The number of hydrogen-bond acceptors (Lipinski definition) is 6. The first-order chi connectivity index (χ1) is 13.5. The number of amides is 1. The van der Waals surface area contributed by atoms with Crippen LogP contribution in [-0.4, -0.2) is 86.7 Å². The average Bonchev–Trinajstić information content (AvgIpc) is 2.74. The second kappa shape index (κ2) is 9.39. The van der Waals surface area contributed by atoms with E-state index in [-0.39, 0.29) is 18.7 Å².